The first-order valence-electron chi connectivity index (χ1n) is 12.0. The summed E-state index contributed by atoms with van der Waals surface area (Å²) in [7, 11) is -4.30. The van der Waals surface area contributed by atoms with Gasteiger partial charge in [0, 0.05) is 25.2 Å². The third-order valence-corrected chi connectivity index (χ3v) is 7.68. The van der Waals surface area contributed by atoms with Gasteiger partial charge in [-0.15, -0.1) is 0 Å². The molecule has 0 radical (unpaired) electrons. The van der Waals surface area contributed by atoms with Crippen molar-refractivity contribution in [1.29, 1.82) is 0 Å². The van der Waals surface area contributed by atoms with Crippen LogP contribution < -0.4 is 9.62 Å². The largest absolute Gasteiger partial charge is 0.355 e. The third kappa shape index (κ3) is 6.74. The van der Waals surface area contributed by atoms with Crippen molar-refractivity contribution in [3.8, 4) is 0 Å². The molecule has 3 aromatic carbocycles. The monoisotopic (exact) mass is 538 g/mol. The predicted octanol–water partition coefficient (Wildman–Crippen LogP) is 3.65. The minimum Gasteiger partial charge on any atom is -0.355 e. The van der Waals surface area contributed by atoms with E-state index < -0.39 is 33.4 Å². The fourth-order valence-corrected chi connectivity index (χ4v) is 5.35. The van der Waals surface area contributed by atoms with Gasteiger partial charge in [0.1, 0.15) is 12.6 Å². The van der Waals surface area contributed by atoms with Crippen LogP contribution >= 0.6 is 0 Å². The Kier molecular flexibility index (Phi) is 9.19. The maximum Gasteiger partial charge on any atom is 0.271 e. The van der Waals surface area contributed by atoms with Crippen molar-refractivity contribution < 1.29 is 22.9 Å². The number of sulfonamides is 1. The average molecular weight is 539 g/mol. The Morgan fingerprint density at radius 3 is 2.32 bits per heavy atom. The second kappa shape index (κ2) is 12.3. The Morgan fingerprint density at radius 1 is 1.00 bits per heavy atom. The van der Waals surface area contributed by atoms with Crippen molar-refractivity contribution >= 4 is 33.2 Å². The van der Waals surface area contributed by atoms with Crippen LogP contribution in [-0.2, 0) is 26.2 Å². The van der Waals surface area contributed by atoms with E-state index in [0.29, 0.717) is 6.54 Å². The molecule has 0 bridgehead atoms. The fourth-order valence-electron chi connectivity index (χ4n) is 3.92. The Balaban J connectivity index is 2.06. The molecule has 200 valence electrons. The molecule has 0 heterocycles. The van der Waals surface area contributed by atoms with Crippen LogP contribution in [0, 0.1) is 17.0 Å². The highest BCUT2D eigenvalue weighted by atomic mass is 32.2. The van der Waals surface area contributed by atoms with E-state index in [-0.39, 0.29) is 28.7 Å². The van der Waals surface area contributed by atoms with Crippen LogP contribution in [0.3, 0.4) is 0 Å². The smallest absolute Gasteiger partial charge is 0.271 e. The molecule has 0 aliphatic rings. The molecule has 0 spiro atoms. The highest BCUT2D eigenvalue weighted by Gasteiger charge is 2.33. The highest BCUT2D eigenvalue weighted by Crippen LogP contribution is 2.27. The van der Waals surface area contributed by atoms with Crippen molar-refractivity contribution in [2.45, 2.75) is 38.3 Å². The molecule has 1 atom stereocenters. The van der Waals surface area contributed by atoms with Crippen molar-refractivity contribution in [1.82, 2.24) is 10.2 Å². The number of nitrogens with zero attached hydrogens (tertiary/aromatic N) is 3. The van der Waals surface area contributed by atoms with E-state index in [1.165, 1.54) is 35.2 Å². The van der Waals surface area contributed by atoms with Crippen molar-refractivity contribution in [2.75, 3.05) is 17.4 Å². The van der Waals surface area contributed by atoms with Crippen molar-refractivity contribution in [3.05, 3.63) is 100 Å². The first-order chi connectivity index (χ1) is 18.0. The molecule has 3 rings (SSSR count). The molecule has 0 fully saturated rings. The number of nitro benzene ring substituents is 1. The van der Waals surface area contributed by atoms with Crippen LogP contribution in [0.2, 0.25) is 0 Å². The minimum atomic E-state index is -4.30. The first-order valence-corrected chi connectivity index (χ1v) is 13.4. The zero-order chi connectivity index (χ0) is 27.9. The van der Waals surface area contributed by atoms with E-state index in [0.717, 1.165) is 21.5 Å². The molecule has 11 heteroatoms. The summed E-state index contributed by atoms with van der Waals surface area (Å²) in [6.45, 7) is 4.98. The Bertz CT molecular complexity index is 1410. The first kappa shape index (κ1) is 28.3. The standard InChI is InChI=1S/C27H30N4O6S/c1-4-28-27(33)21(3)29(18-22-11-8-10-20(2)16-22)26(32)19-30(23-12-9-13-24(17-23)31(34)35)38(36,37)25-14-6-5-7-15-25/h5-17,21H,4,18-19H2,1-3H3,(H,28,33)/t21-/m0/s1. The Labute approximate surface area is 222 Å². The quantitative estimate of drug-likeness (QED) is 0.293. The number of amides is 2. The number of rotatable bonds is 11. The molecule has 3 aromatic rings. The summed E-state index contributed by atoms with van der Waals surface area (Å²) in [5.74, 6) is -1.03. The van der Waals surface area contributed by atoms with Crippen LogP contribution in [0.4, 0.5) is 11.4 Å². The maximum atomic E-state index is 13.8. The number of anilines is 1. The van der Waals surface area contributed by atoms with Gasteiger partial charge in [0.05, 0.1) is 15.5 Å². The zero-order valence-corrected chi connectivity index (χ0v) is 22.2. The second-order valence-electron chi connectivity index (χ2n) is 8.68. The van der Waals surface area contributed by atoms with Crippen LogP contribution in [-0.4, -0.2) is 49.2 Å². The normalized spacial score (nSPS) is 11.9. The molecule has 0 aliphatic heterocycles. The summed E-state index contributed by atoms with van der Waals surface area (Å²) in [5, 5.41) is 14.1. The van der Waals surface area contributed by atoms with Gasteiger partial charge in [-0.25, -0.2) is 8.42 Å². The zero-order valence-electron chi connectivity index (χ0n) is 21.4. The number of aryl methyl sites for hydroxylation is 1. The molecule has 10 nitrogen and oxygen atoms in total. The molecule has 0 saturated heterocycles. The number of hydrogen-bond donors (Lipinski definition) is 1. The topological polar surface area (TPSA) is 130 Å². The van der Waals surface area contributed by atoms with Gasteiger partial charge in [-0.1, -0.05) is 54.1 Å². The van der Waals surface area contributed by atoms with Gasteiger partial charge in [0.25, 0.3) is 15.7 Å². The fraction of sp³-hybridized carbons (Fsp3) is 0.259. The summed E-state index contributed by atoms with van der Waals surface area (Å²) >= 11 is 0. The SMILES string of the molecule is CCNC(=O)[C@H](C)N(Cc1cccc(C)c1)C(=O)CN(c1cccc([N+](=O)[O-])c1)S(=O)(=O)c1ccccc1. The number of likely N-dealkylation sites (N-methyl/N-ethyl adjacent to an activating group) is 1. The molecular formula is C27H30N4O6S. The van der Waals surface area contributed by atoms with E-state index in [4.69, 9.17) is 0 Å². The molecule has 0 unspecified atom stereocenters. The summed E-state index contributed by atoms with van der Waals surface area (Å²) in [4.78, 5) is 38.5. The number of non-ortho nitro benzene ring substituents is 1. The van der Waals surface area contributed by atoms with E-state index >= 15 is 0 Å². The van der Waals surface area contributed by atoms with Crippen LogP contribution in [0.5, 0.6) is 0 Å². The molecule has 0 aromatic heterocycles. The van der Waals surface area contributed by atoms with Gasteiger partial charge < -0.3 is 10.2 Å². The predicted molar refractivity (Wildman–Crippen MR) is 144 cm³/mol. The molecule has 2 amide bonds. The van der Waals surface area contributed by atoms with Crippen LogP contribution in [0.25, 0.3) is 0 Å². The number of nitrogens with one attached hydrogen (secondary N) is 1. The lowest BCUT2D eigenvalue weighted by molar-refractivity contribution is -0.384. The van der Waals surface area contributed by atoms with Crippen LogP contribution in [0.1, 0.15) is 25.0 Å². The van der Waals surface area contributed by atoms with E-state index in [1.807, 2.05) is 31.2 Å². The number of carbonyl (C=O) groups excluding carboxylic acids is 2. The van der Waals surface area contributed by atoms with Gasteiger partial charge in [-0.3, -0.25) is 24.0 Å². The number of hydrogen-bond acceptors (Lipinski definition) is 6. The summed E-state index contributed by atoms with van der Waals surface area (Å²) in [6.07, 6.45) is 0. The number of nitro groups is 1. The lowest BCUT2D eigenvalue weighted by Gasteiger charge is -2.32. The van der Waals surface area contributed by atoms with Gasteiger partial charge >= 0.3 is 0 Å². The van der Waals surface area contributed by atoms with E-state index in [9.17, 15) is 28.1 Å². The Morgan fingerprint density at radius 2 is 1.68 bits per heavy atom. The van der Waals surface area contributed by atoms with E-state index in [2.05, 4.69) is 5.32 Å². The van der Waals surface area contributed by atoms with Gasteiger partial charge in [0.15, 0.2) is 0 Å². The average Bonchev–Trinajstić information content (AvgIpc) is 2.90. The number of benzene rings is 3. The highest BCUT2D eigenvalue weighted by molar-refractivity contribution is 7.92. The summed E-state index contributed by atoms with van der Waals surface area (Å²) in [6, 6.07) is 19.1. The van der Waals surface area contributed by atoms with Crippen molar-refractivity contribution in [2.24, 2.45) is 0 Å². The lowest BCUT2D eigenvalue weighted by Crippen LogP contribution is -2.51. The summed E-state index contributed by atoms with van der Waals surface area (Å²) < 4.78 is 28.2. The third-order valence-electron chi connectivity index (χ3n) is 5.89. The Hall–Kier alpha value is -4.25. The molecular weight excluding hydrogens is 508 g/mol. The van der Waals surface area contributed by atoms with Gasteiger partial charge in [0.2, 0.25) is 11.8 Å². The van der Waals surface area contributed by atoms with Gasteiger partial charge in [-0.05, 0) is 44.5 Å². The maximum absolute atomic E-state index is 13.8. The summed E-state index contributed by atoms with van der Waals surface area (Å²) in [5.41, 5.74) is 1.36. The van der Waals surface area contributed by atoms with Gasteiger partial charge in [-0.2, -0.15) is 0 Å². The molecule has 0 saturated carbocycles. The minimum absolute atomic E-state index is 0.0439. The molecule has 0 aliphatic carbocycles. The number of carbonyl (C=O) groups is 2. The van der Waals surface area contributed by atoms with Crippen molar-refractivity contribution in [3.63, 3.8) is 0 Å². The molecule has 38 heavy (non-hydrogen) atoms. The lowest BCUT2D eigenvalue weighted by atomic mass is 10.1. The van der Waals surface area contributed by atoms with Crippen LogP contribution in [0.15, 0.2) is 83.8 Å². The second-order valence-corrected chi connectivity index (χ2v) is 10.5. The van der Waals surface area contributed by atoms with E-state index in [1.54, 1.807) is 32.0 Å². The molecule has 1 N–H and O–H groups in total.